The van der Waals surface area contributed by atoms with E-state index >= 15 is 0 Å². The van der Waals surface area contributed by atoms with Crippen LogP contribution in [-0.4, -0.2) is 48.0 Å². The van der Waals surface area contributed by atoms with Gasteiger partial charge in [0.25, 0.3) is 11.8 Å². The number of amides is 2. The van der Waals surface area contributed by atoms with Crippen LogP contribution in [-0.2, 0) is 23.9 Å². The Morgan fingerprint density at radius 2 is 1.59 bits per heavy atom. The quantitative estimate of drug-likeness (QED) is 0.317. The zero-order chi connectivity index (χ0) is 21.9. The number of esters is 2. The number of carbonyl (C=O) groups is 5. The number of ether oxygens (including phenoxy) is 2. The molecule has 0 fully saturated rings. The van der Waals surface area contributed by atoms with E-state index in [1.807, 2.05) is 0 Å². The Hall–Kier alpha value is -3.75. The Morgan fingerprint density at radius 1 is 1.03 bits per heavy atom. The highest BCUT2D eigenvalue weighted by Gasteiger charge is 2.38. The lowest BCUT2D eigenvalue weighted by Gasteiger charge is -2.19. The van der Waals surface area contributed by atoms with Gasteiger partial charge >= 0.3 is 17.9 Å². The molecule has 0 saturated heterocycles. The molecule has 0 radical (unpaired) electrons. The van der Waals surface area contributed by atoms with Crippen LogP contribution >= 0.6 is 0 Å². The molecule has 2 rings (SSSR count). The fourth-order valence-electron chi connectivity index (χ4n) is 2.56. The number of anilines is 1. The van der Waals surface area contributed by atoms with Gasteiger partial charge in [0, 0.05) is 16.7 Å². The van der Waals surface area contributed by atoms with Crippen molar-refractivity contribution in [2.75, 3.05) is 18.1 Å². The van der Waals surface area contributed by atoms with E-state index in [-0.39, 0.29) is 41.2 Å². The summed E-state index contributed by atoms with van der Waals surface area (Å²) in [6.45, 7) is 7.22. The van der Waals surface area contributed by atoms with Gasteiger partial charge in [-0.05, 0) is 32.9 Å². The molecule has 0 spiro atoms. The van der Waals surface area contributed by atoms with Crippen LogP contribution in [0, 0.1) is 0 Å². The van der Waals surface area contributed by atoms with Crippen LogP contribution in [0.15, 0.2) is 41.5 Å². The highest BCUT2D eigenvalue weighted by Crippen LogP contribution is 2.31. The van der Waals surface area contributed by atoms with Gasteiger partial charge in [0.15, 0.2) is 0 Å². The minimum Gasteiger partial charge on any atom is -0.478 e. The fraction of sp³-hybridized carbons (Fsp3) is 0.250. The number of hydrogen-bond donors (Lipinski definition) is 1. The SMILES string of the molecule is C=C(C)C(=O)OCCOC(=O)c1cccc(N2C(=O)C(C)=C(C)C2=O)c1C(=O)O. The number of carbonyl (C=O) groups excluding carboxylic acids is 4. The molecule has 9 nitrogen and oxygen atoms in total. The second-order valence-corrected chi connectivity index (χ2v) is 6.25. The number of nitrogens with zero attached hydrogens (tertiary/aromatic N) is 1. The van der Waals surface area contributed by atoms with E-state index in [1.165, 1.54) is 39.0 Å². The Labute approximate surface area is 166 Å². The molecule has 0 saturated carbocycles. The molecular weight excluding hydrogens is 382 g/mol. The van der Waals surface area contributed by atoms with Crippen molar-refractivity contribution in [3.8, 4) is 0 Å². The van der Waals surface area contributed by atoms with Crippen molar-refractivity contribution in [2.24, 2.45) is 0 Å². The molecule has 1 N–H and O–H groups in total. The van der Waals surface area contributed by atoms with Crippen LogP contribution < -0.4 is 4.90 Å². The van der Waals surface area contributed by atoms with Crippen LogP contribution in [0.3, 0.4) is 0 Å². The molecule has 1 aromatic rings. The van der Waals surface area contributed by atoms with E-state index in [9.17, 15) is 29.1 Å². The summed E-state index contributed by atoms with van der Waals surface area (Å²) in [5, 5.41) is 9.62. The number of hydrogen-bond acceptors (Lipinski definition) is 7. The molecule has 1 aliphatic rings. The van der Waals surface area contributed by atoms with Crippen LogP contribution in [0.1, 0.15) is 41.5 Å². The zero-order valence-corrected chi connectivity index (χ0v) is 16.1. The average molecular weight is 401 g/mol. The second kappa shape index (κ2) is 8.51. The van der Waals surface area contributed by atoms with Gasteiger partial charge < -0.3 is 14.6 Å². The highest BCUT2D eigenvalue weighted by molar-refractivity contribution is 6.33. The van der Waals surface area contributed by atoms with Crippen molar-refractivity contribution >= 4 is 35.4 Å². The minimum atomic E-state index is -1.51. The Balaban J connectivity index is 2.28. The number of carboxylic acid groups (broad SMARTS) is 1. The number of benzene rings is 1. The first-order valence-electron chi connectivity index (χ1n) is 8.50. The van der Waals surface area contributed by atoms with Gasteiger partial charge in [0.2, 0.25) is 0 Å². The molecule has 29 heavy (non-hydrogen) atoms. The number of carboxylic acids is 1. The number of imide groups is 1. The van der Waals surface area contributed by atoms with E-state index in [2.05, 4.69) is 6.58 Å². The number of rotatable bonds is 7. The lowest BCUT2D eigenvalue weighted by atomic mass is 10.0. The van der Waals surface area contributed by atoms with Gasteiger partial charge in [-0.25, -0.2) is 19.3 Å². The molecule has 0 bridgehead atoms. The second-order valence-electron chi connectivity index (χ2n) is 6.25. The molecule has 0 aromatic heterocycles. The topological polar surface area (TPSA) is 127 Å². The summed E-state index contributed by atoms with van der Waals surface area (Å²) in [7, 11) is 0. The van der Waals surface area contributed by atoms with E-state index in [0.717, 1.165) is 4.90 Å². The van der Waals surface area contributed by atoms with Gasteiger partial charge in [-0.15, -0.1) is 0 Å². The lowest BCUT2D eigenvalue weighted by Crippen LogP contribution is -2.33. The molecule has 0 unspecified atom stereocenters. The van der Waals surface area contributed by atoms with Crippen LogP contribution in [0.2, 0.25) is 0 Å². The van der Waals surface area contributed by atoms with Gasteiger partial charge in [-0.2, -0.15) is 0 Å². The van der Waals surface area contributed by atoms with E-state index < -0.39 is 35.3 Å². The van der Waals surface area contributed by atoms with Gasteiger partial charge in [-0.1, -0.05) is 12.6 Å². The summed E-state index contributed by atoms with van der Waals surface area (Å²) >= 11 is 0. The highest BCUT2D eigenvalue weighted by atomic mass is 16.6. The minimum absolute atomic E-state index is 0.177. The molecule has 2 amide bonds. The third kappa shape index (κ3) is 4.23. The fourth-order valence-corrected chi connectivity index (χ4v) is 2.56. The maximum absolute atomic E-state index is 12.4. The summed E-state index contributed by atoms with van der Waals surface area (Å²) in [4.78, 5) is 61.0. The summed E-state index contributed by atoms with van der Waals surface area (Å²) in [6, 6.07) is 3.80. The molecule has 1 aromatic carbocycles. The Bertz CT molecular complexity index is 949. The van der Waals surface area contributed by atoms with Crippen molar-refractivity contribution in [2.45, 2.75) is 20.8 Å². The molecule has 0 aliphatic carbocycles. The monoisotopic (exact) mass is 401 g/mol. The first-order chi connectivity index (χ1) is 13.6. The summed E-state index contributed by atoms with van der Waals surface area (Å²) < 4.78 is 9.74. The molecule has 0 atom stereocenters. The van der Waals surface area contributed by atoms with Gasteiger partial charge in [-0.3, -0.25) is 9.59 Å². The largest absolute Gasteiger partial charge is 0.478 e. The van der Waals surface area contributed by atoms with Crippen molar-refractivity contribution in [1.29, 1.82) is 0 Å². The first kappa shape index (κ1) is 21.5. The maximum Gasteiger partial charge on any atom is 0.339 e. The van der Waals surface area contributed by atoms with Gasteiger partial charge in [0.05, 0.1) is 16.8 Å². The third-order valence-corrected chi connectivity index (χ3v) is 4.23. The number of aromatic carboxylic acids is 1. The average Bonchev–Trinajstić information content (AvgIpc) is 2.86. The molecular formula is C20H19NO8. The lowest BCUT2D eigenvalue weighted by molar-refractivity contribution is -0.140. The Kier molecular flexibility index (Phi) is 6.32. The van der Waals surface area contributed by atoms with E-state index in [1.54, 1.807) is 0 Å². The van der Waals surface area contributed by atoms with Crippen molar-refractivity contribution in [3.63, 3.8) is 0 Å². The van der Waals surface area contributed by atoms with Crippen LogP contribution in [0.5, 0.6) is 0 Å². The van der Waals surface area contributed by atoms with Crippen molar-refractivity contribution in [3.05, 3.63) is 52.6 Å². The zero-order valence-electron chi connectivity index (χ0n) is 16.1. The van der Waals surface area contributed by atoms with Crippen LogP contribution in [0.4, 0.5) is 5.69 Å². The maximum atomic E-state index is 12.4. The molecule has 1 heterocycles. The normalized spacial score (nSPS) is 13.6. The Morgan fingerprint density at radius 3 is 2.10 bits per heavy atom. The van der Waals surface area contributed by atoms with E-state index in [4.69, 9.17) is 9.47 Å². The predicted molar refractivity (Wildman–Crippen MR) is 100 cm³/mol. The third-order valence-electron chi connectivity index (χ3n) is 4.23. The van der Waals surface area contributed by atoms with Crippen molar-refractivity contribution < 1.29 is 38.6 Å². The molecule has 9 heteroatoms. The van der Waals surface area contributed by atoms with Crippen molar-refractivity contribution in [1.82, 2.24) is 0 Å². The predicted octanol–water partition coefficient (Wildman–Crippen LogP) is 1.87. The smallest absolute Gasteiger partial charge is 0.339 e. The van der Waals surface area contributed by atoms with Gasteiger partial charge in [0.1, 0.15) is 13.2 Å². The first-order valence-corrected chi connectivity index (χ1v) is 8.50. The summed E-state index contributed by atoms with van der Waals surface area (Å²) in [6.07, 6.45) is 0. The van der Waals surface area contributed by atoms with E-state index in [0.29, 0.717) is 0 Å². The molecule has 1 aliphatic heterocycles. The molecule has 152 valence electrons. The van der Waals surface area contributed by atoms with Crippen LogP contribution in [0.25, 0.3) is 0 Å². The standard InChI is InChI=1S/C20H19NO8/c1-10(2)19(26)28-8-9-29-20(27)13-6-5-7-14(15(13)18(24)25)21-16(22)11(3)12(4)17(21)23/h5-7H,1,8-9H2,2-4H3,(H,24,25). The summed E-state index contributed by atoms with van der Waals surface area (Å²) in [5.74, 6) is -4.49. The summed E-state index contributed by atoms with van der Waals surface area (Å²) in [5.41, 5.74) is -0.551.